The predicted molar refractivity (Wildman–Crippen MR) is 289 cm³/mol. The van der Waals surface area contributed by atoms with Crippen molar-refractivity contribution in [3.8, 4) is 22.3 Å². The lowest BCUT2D eigenvalue weighted by atomic mass is 9.84. The van der Waals surface area contributed by atoms with Crippen molar-refractivity contribution in [2.75, 3.05) is 51.3 Å². The Kier molecular flexibility index (Phi) is 13.5. The van der Waals surface area contributed by atoms with E-state index in [4.69, 9.17) is 19.4 Å². The van der Waals surface area contributed by atoms with E-state index in [1.165, 1.54) is 47.6 Å². The Morgan fingerprint density at radius 1 is 0.671 bits per heavy atom. The molecular formula is C57H66N8O6S2. The molecule has 4 N–H and O–H groups in total. The summed E-state index contributed by atoms with van der Waals surface area (Å²) in [6, 6.07) is 25.3. The number of amides is 4. The molecule has 16 heteroatoms. The predicted octanol–water partition coefficient (Wildman–Crippen LogP) is 10.3. The highest BCUT2D eigenvalue weighted by Crippen LogP contribution is 2.59. The molecule has 73 heavy (non-hydrogen) atoms. The van der Waals surface area contributed by atoms with Crippen molar-refractivity contribution in [2.45, 2.75) is 108 Å². The second-order valence-corrected chi connectivity index (χ2v) is 23.5. The molecular weight excluding hydrogens is 957 g/mol. The van der Waals surface area contributed by atoms with Crippen LogP contribution in [-0.2, 0) is 38.3 Å². The van der Waals surface area contributed by atoms with E-state index in [2.05, 4.69) is 100 Å². The summed E-state index contributed by atoms with van der Waals surface area (Å²) in [6.45, 7) is 3.65. The number of aryl methyl sites for hydroxylation is 2. The van der Waals surface area contributed by atoms with Gasteiger partial charge >= 0.3 is 12.2 Å². The van der Waals surface area contributed by atoms with E-state index >= 15 is 0 Å². The average molecular weight is 1020 g/mol. The number of carbonyl (C=O) groups excluding carboxylic acids is 4. The van der Waals surface area contributed by atoms with Gasteiger partial charge in [-0.3, -0.25) is 9.59 Å². The monoisotopic (exact) mass is 1020 g/mol. The maximum atomic E-state index is 14.2. The molecule has 5 unspecified atom stereocenters. The number of H-pyrrole nitrogens is 2. The number of methoxy groups -OCH3 is 2. The Morgan fingerprint density at radius 3 is 1.67 bits per heavy atom. The van der Waals surface area contributed by atoms with Crippen LogP contribution in [0.25, 0.3) is 44.3 Å². The van der Waals surface area contributed by atoms with Gasteiger partial charge in [-0.15, -0.1) is 0 Å². The van der Waals surface area contributed by atoms with Gasteiger partial charge in [0.05, 0.1) is 48.4 Å². The molecule has 14 nitrogen and oxygen atoms in total. The highest BCUT2D eigenvalue weighted by atomic mass is 32.2. The van der Waals surface area contributed by atoms with E-state index in [1.54, 1.807) is 23.5 Å². The van der Waals surface area contributed by atoms with Crippen LogP contribution in [-0.4, -0.2) is 117 Å². The van der Waals surface area contributed by atoms with Crippen LogP contribution in [0.5, 0.6) is 0 Å². The number of hydrogen-bond acceptors (Lipinski definition) is 10. The van der Waals surface area contributed by atoms with E-state index in [0.29, 0.717) is 25.9 Å². The molecule has 2 saturated carbocycles. The highest BCUT2D eigenvalue weighted by molar-refractivity contribution is 7.98. The number of hydrogen-bond donors (Lipinski definition) is 4. The van der Waals surface area contributed by atoms with Gasteiger partial charge in [-0.25, -0.2) is 19.6 Å². The molecule has 4 aromatic carbocycles. The lowest BCUT2D eigenvalue weighted by Crippen LogP contribution is -2.49. The van der Waals surface area contributed by atoms with Crippen molar-refractivity contribution in [3.63, 3.8) is 0 Å². The van der Waals surface area contributed by atoms with Gasteiger partial charge < -0.3 is 39.9 Å². The smallest absolute Gasteiger partial charge is 0.407 e. The fraction of sp³-hybridized carbons (Fsp3) is 0.474. The molecule has 4 bridgehead atoms. The molecule has 0 radical (unpaired) electrons. The van der Waals surface area contributed by atoms with Crippen LogP contribution >= 0.6 is 23.5 Å². The van der Waals surface area contributed by atoms with Gasteiger partial charge in [-0.05, 0) is 180 Å². The van der Waals surface area contributed by atoms with Crippen LogP contribution in [0.2, 0.25) is 0 Å². The zero-order valence-electron chi connectivity index (χ0n) is 42.5. The first kappa shape index (κ1) is 49.2. The zero-order chi connectivity index (χ0) is 50.6. The number of nitrogens with zero attached hydrogens (tertiary/aromatic N) is 4. The Balaban J connectivity index is 0.844. The standard InChI is InChI=1S/C57H66N8O6S2/c1-33-24-37-9-7-34(25-40(37)38-12-14-42-46(27-38)60-50(58-42)48-29-56(18-19-56)31-64(48)52(66)44(16-22-72-4)62-54(68)70-2)6-8-35-10-11-36(33)26-41(35)39-13-15-43-47(28-39)61-51(59-43)49-30-57(20-21-57)32-65(49)53(67)45(17-23-73-5)63-55(69)71-3/h7,9-15,25-28,33,44-45,48-49H,6,8,16-24,29-32H2,1-5H3,(H,58,60)(H,59,61)(H,62,68)(H,63,69). The fourth-order valence-corrected chi connectivity index (χ4v) is 12.9. The summed E-state index contributed by atoms with van der Waals surface area (Å²) in [5, 5.41) is 5.63. The summed E-state index contributed by atoms with van der Waals surface area (Å²) in [6.07, 6.45) is 12.5. The third-order valence-corrected chi connectivity index (χ3v) is 17.9. The van der Waals surface area contributed by atoms with Crippen molar-refractivity contribution >= 4 is 69.6 Å². The van der Waals surface area contributed by atoms with Gasteiger partial charge in [0.25, 0.3) is 0 Å². The van der Waals surface area contributed by atoms with Gasteiger partial charge in [-0.2, -0.15) is 23.5 Å². The van der Waals surface area contributed by atoms with E-state index in [0.717, 1.165) is 114 Å². The number of rotatable bonds is 14. The Bertz CT molecular complexity index is 3110. The maximum Gasteiger partial charge on any atom is 0.407 e. The molecule has 2 saturated heterocycles. The molecule has 4 amide bonds. The minimum Gasteiger partial charge on any atom is -0.453 e. The van der Waals surface area contributed by atoms with Gasteiger partial charge in [0.15, 0.2) is 0 Å². The Labute approximate surface area is 435 Å². The second-order valence-electron chi connectivity index (χ2n) is 21.5. The number of ether oxygens (including phenoxy) is 2. The normalized spacial score (nSPS) is 21.1. The molecule has 5 atom stereocenters. The summed E-state index contributed by atoms with van der Waals surface area (Å²) in [4.78, 5) is 74.6. The van der Waals surface area contributed by atoms with E-state index in [-0.39, 0.29) is 40.6 Å². The van der Waals surface area contributed by atoms with Crippen LogP contribution < -0.4 is 10.6 Å². The molecule has 4 heterocycles. The average Bonchev–Trinajstić information content (AvgIpc) is 4.06. The van der Waals surface area contributed by atoms with Crippen molar-refractivity contribution in [1.82, 2.24) is 40.4 Å². The molecule has 2 aromatic heterocycles. The van der Waals surface area contributed by atoms with Crippen molar-refractivity contribution < 1.29 is 28.7 Å². The van der Waals surface area contributed by atoms with Gasteiger partial charge in [-0.1, -0.05) is 55.5 Å². The number of benzene rings is 4. The van der Waals surface area contributed by atoms with Crippen molar-refractivity contribution in [3.05, 3.63) is 107 Å². The maximum absolute atomic E-state index is 14.2. The molecule has 14 rings (SSSR count). The first-order valence-electron chi connectivity index (χ1n) is 25.9. The number of carbonyl (C=O) groups is 4. The number of aromatic amines is 2. The van der Waals surface area contributed by atoms with Gasteiger partial charge in [0.2, 0.25) is 11.8 Å². The number of aromatic nitrogens is 4. The summed E-state index contributed by atoms with van der Waals surface area (Å²) < 4.78 is 9.82. The van der Waals surface area contributed by atoms with Crippen LogP contribution in [0, 0.1) is 10.8 Å². The van der Waals surface area contributed by atoms with Crippen LogP contribution in [0.15, 0.2) is 72.8 Å². The number of likely N-dealkylation sites (tertiary alicyclic amines) is 2. The SMILES string of the molecule is COC(=O)NC(CCSC)C(=O)N1CC2(CC2)CC1c1nc2ccc(-c3cc4ccc3CCc3ccc(c(-c5ccc6nc(C7CC8(CC8)CN7C(=O)C(CCSC)NC(=O)OC)[nH]c6c5)c3)CC4C)cc2[nH]1. The van der Waals surface area contributed by atoms with Gasteiger partial charge in [0, 0.05) is 13.1 Å². The van der Waals surface area contributed by atoms with Crippen LogP contribution in [0.1, 0.15) is 110 Å². The summed E-state index contributed by atoms with van der Waals surface area (Å²) >= 11 is 3.30. The molecule has 2 aliphatic heterocycles. The lowest BCUT2D eigenvalue weighted by Gasteiger charge is -2.28. The highest BCUT2D eigenvalue weighted by Gasteiger charge is 2.56. The van der Waals surface area contributed by atoms with Gasteiger partial charge in [0.1, 0.15) is 23.7 Å². The minimum absolute atomic E-state index is 0.0790. The third-order valence-electron chi connectivity index (χ3n) is 16.6. The largest absolute Gasteiger partial charge is 0.453 e. The fourth-order valence-electron chi connectivity index (χ4n) is 12.0. The first-order valence-corrected chi connectivity index (χ1v) is 28.7. The number of alkyl carbamates (subject to hydrolysis) is 2. The Morgan fingerprint density at radius 2 is 1.18 bits per heavy atom. The molecule has 4 fully saturated rings. The van der Waals surface area contributed by atoms with Crippen molar-refractivity contribution in [1.29, 1.82) is 0 Å². The molecule has 382 valence electrons. The third kappa shape index (κ3) is 9.93. The number of fused-ring (bicyclic) bond motifs is 2. The topological polar surface area (TPSA) is 175 Å². The van der Waals surface area contributed by atoms with Crippen LogP contribution in [0.4, 0.5) is 9.59 Å². The summed E-state index contributed by atoms with van der Waals surface area (Å²) in [5.41, 5.74) is 13.7. The number of imidazole rings is 2. The number of nitrogens with one attached hydrogen (secondary N) is 4. The lowest BCUT2D eigenvalue weighted by molar-refractivity contribution is -0.135. The summed E-state index contributed by atoms with van der Waals surface area (Å²) in [5.74, 6) is 3.14. The van der Waals surface area contributed by atoms with Crippen molar-refractivity contribution in [2.24, 2.45) is 10.8 Å². The number of thioether (sulfide) groups is 2. The van der Waals surface area contributed by atoms with E-state index < -0.39 is 24.3 Å². The Hall–Kier alpha value is -6.00. The second kappa shape index (κ2) is 20.0. The first-order chi connectivity index (χ1) is 35.4. The molecule has 6 aliphatic carbocycles. The quantitative estimate of drug-likeness (QED) is 0.0822. The summed E-state index contributed by atoms with van der Waals surface area (Å²) in [7, 11) is 2.66. The van der Waals surface area contributed by atoms with E-state index in [1.807, 2.05) is 22.3 Å². The van der Waals surface area contributed by atoms with Crippen LogP contribution in [0.3, 0.4) is 0 Å². The minimum atomic E-state index is -0.664. The molecule has 6 aromatic rings. The zero-order valence-corrected chi connectivity index (χ0v) is 44.1. The molecule has 8 aliphatic rings. The van der Waals surface area contributed by atoms with E-state index in [9.17, 15) is 19.2 Å². The molecule has 2 spiro atoms.